The van der Waals surface area contributed by atoms with Crippen LogP contribution in [-0.4, -0.2) is 46.2 Å². The second-order valence-corrected chi connectivity index (χ2v) is 5.22. The lowest BCUT2D eigenvalue weighted by atomic mass is 10.1. The Morgan fingerprint density at radius 3 is 2.95 bits per heavy atom. The Labute approximate surface area is 121 Å². The molecule has 0 radical (unpaired) electrons. The van der Waals surface area contributed by atoms with Gasteiger partial charge in [-0.2, -0.15) is 0 Å². The summed E-state index contributed by atoms with van der Waals surface area (Å²) in [7, 11) is 0. The summed E-state index contributed by atoms with van der Waals surface area (Å²) in [5.74, 6) is -0.0594. The van der Waals surface area contributed by atoms with Crippen molar-refractivity contribution in [3.8, 4) is 5.75 Å². The van der Waals surface area contributed by atoms with Gasteiger partial charge in [-0.25, -0.2) is 4.79 Å². The number of amides is 1. The van der Waals surface area contributed by atoms with Crippen LogP contribution in [0.25, 0.3) is 0 Å². The highest BCUT2D eigenvalue weighted by atomic mass is 32.2. The molecule has 1 amide bonds. The zero-order chi connectivity index (χ0) is 14.5. The zero-order valence-corrected chi connectivity index (χ0v) is 11.6. The Hall–Kier alpha value is -1.95. The SMILES string of the molecule is C=CCOc1ccccc1C(=O)N1CSC[C@H]1C(=O)O. The highest BCUT2D eigenvalue weighted by Gasteiger charge is 2.35. The predicted octanol–water partition coefficient (Wildman–Crippen LogP) is 1.85. The first-order valence-corrected chi connectivity index (χ1v) is 7.25. The third-order valence-electron chi connectivity index (χ3n) is 2.90. The molecule has 0 bridgehead atoms. The van der Waals surface area contributed by atoms with Crippen LogP contribution in [0, 0.1) is 0 Å². The standard InChI is InChI=1S/C14H15NO4S/c1-2-7-19-12-6-4-3-5-10(12)13(16)15-9-20-8-11(15)14(17)18/h2-6,11H,1,7-9H2,(H,17,18)/t11-/m0/s1. The Bertz CT molecular complexity index is 532. The molecule has 6 heteroatoms. The maximum atomic E-state index is 12.5. The lowest BCUT2D eigenvalue weighted by Crippen LogP contribution is -2.41. The van der Waals surface area contributed by atoms with E-state index < -0.39 is 12.0 Å². The second kappa shape index (κ2) is 6.47. The Morgan fingerprint density at radius 2 is 2.25 bits per heavy atom. The molecule has 1 aliphatic heterocycles. The molecule has 0 unspecified atom stereocenters. The topological polar surface area (TPSA) is 66.8 Å². The number of nitrogens with zero attached hydrogens (tertiary/aromatic N) is 1. The maximum Gasteiger partial charge on any atom is 0.327 e. The highest BCUT2D eigenvalue weighted by molar-refractivity contribution is 7.99. The molecule has 5 nitrogen and oxygen atoms in total. The van der Waals surface area contributed by atoms with Gasteiger partial charge in [0.2, 0.25) is 0 Å². The van der Waals surface area contributed by atoms with Gasteiger partial charge >= 0.3 is 5.97 Å². The van der Waals surface area contributed by atoms with Crippen molar-refractivity contribution in [1.29, 1.82) is 0 Å². The number of hydrogen-bond donors (Lipinski definition) is 1. The van der Waals surface area contributed by atoms with Gasteiger partial charge in [-0.1, -0.05) is 24.8 Å². The predicted molar refractivity (Wildman–Crippen MR) is 77.1 cm³/mol. The monoisotopic (exact) mass is 293 g/mol. The van der Waals surface area contributed by atoms with Crippen LogP contribution in [0.3, 0.4) is 0 Å². The molecule has 20 heavy (non-hydrogen) atoms. The number of carboxylic acid groups (broad SMARTS) is 1. The molecule has 106 valence electrons. The van der Waals surface area contributed by atoms with E-state index in [9.17, 15) is 9.59 Å². The van der Waals surface area contributed by atoms with Crippen LogP contribution >= 0.6 is 11.8 Å². The van der Waals surface area contributed by atoms with E-state index in [1.54, 1.807) is 30.3 Å². The van der Waals surface area contributed by atoms with Gasteiger partial charge < -0.3 is 14.7 Å². The fourth-order valence-electron chi connectivity index (χ4n) is 1.92. The third kappa shape index (κ3) is 2.96. The third-order valence-corrected chi connectivity index (χ3v) is 3.91. The first-order valence-electron chi connectivity index (χ1n) is 6.09. The molecule has 2 rings (SSSR count). The van der Waals surface area contributed by atoms with E-state index >= 15 is 0 Å². The van der Waals surface area contributed by atoms with Crippen molar-refractivity contribution in [1.82, 2.24) is 4.90 Å². The van der Waals surface area contributed by atoms with E-state index in [0.29, 0.717) is 29.5 Å². The summed E-state index contributed by atoms with van der Waals surface area (Å²) in [4.78, 5) is 25.0. The van der Waals surface area contributed by atoms with E-state index in [0.717, 1.165) is 0 Å². The van der Waals surface area contributed by atoms with Crippen LogP contribution < -0.4 is 4.74 Å². The lowest BCUT2D eigenvalue weighted by Gasteiger charge is -2.21. The largest absolute Gasteiger partial charge is 0.489 e. The summed E-state index contributed by atoms with van der Waals surface area (Å²) in [6.45, 7) is 3.85. The van der Waals surface area contributed by atoms with Gasteiger partial charge in [0.1, 0.15) is 18.4 Å². The number of carbonyl (C=O) groups excluding carboxylic acids is 1. The minimum absolute atomic E-state index is 0.293. The molecular formula is C14H15NO4S. The summed E-state index contributed by atoms with van der Waals surface area (Å²) < 4.78 is 5.44. The Morgan fingerprint density at radius 1 is 1.50 bits per heavy atom. The minimum Gasteiger partial charge on any atom is -0.489 e. The van der Waals surface area contributed by atoms with Gasteiger partial charge in [0.25, 0.3) is 5.91 Å². The summed E-state index contributed by atoms with van der Waals surface area (Å²) >= 11 is 1.43. The molecule has 0 spiro atoms. The van der Waals surface area contributed by atoms with E-state index in [1.165, 1.54) is 16.7 Å². The van der Waals surface area contributed by atoms with Crippen molar-refractivity contribution in [2.24, 2.45) is 0 Å². The molecule has 1 heterocycles. The number of aliphatic carboxylic acids is 1. The van der Waals surface area contributed by atoms with Crippen molar-refractivity contribution in [3.63, 3.8) is 0 Å². The summed E-state index contributed by atoms with van der Waals surface area (Å²) in [6, 6.07) is 6.05. The fourth-order valence-corrected chi connectivity index (χ4v) is 3.07. The number of carbonyl (C=O) groups is 2. The molecule has 1 aliphatic rings. The summed E-state index contributed by atoms with van der Waals surface area (Å²) in [5, 5.41) is 9.14. The first-order chi connectivity index (χ1) is 9.65. The molecule has 1 aromatic carbocycles. The smallest absolute Gasteiger partial charge is 0.327 e. The molecule has 0 aromatic heterocycles. The number of thioether (sulfide) groups is 1. The van der Waals surface area contributed by atoms with Gasteiger partial charge in [0.05, 0.1) is 11.4 Å². The number of benzene rings is 1. The Balaban J connectivity index is 2.24. The summed E-state index contributed by atoms with van der Waals surface area (Å²) in [5.41, 5.74) is 0.378. The molecule has 1 atom stereocenters. The average molecular weight is 293 g/mol. The molecule has 1 N–H and O–H groups in total. The average Bonchev–Trinajstić information content (AvgIpc) is 2.94. The quantitative estimate of drug-likeness (QED) is 0.839. The van der Waals surface area contributed by atoms with E-state index in [2.05, 4.69) is 6.58 Å². The number of para-hydroxylation sites is 1. The van der Waals surface area contributed by atoms with Crippen LogP contribution in [-0.2, 0) is 4.79 Å². The van der Waals surface area contributed by atoms with Crippen molar-refractivity contribution in [2.45, 2.75) is 6.04 Å². The van der Waals surface area contributed by atoms with Gasteiger partial charge in [0.15, 0.2) is 0 Å². The summed E-state index contributed by atoms with van der Waals surface area (Å²) in [6.07, 6.45) is 1.59. The van der Waals surface area contributed by atoms with Crippen LogP contribution in [0.2, 0.25) is 0 Å². The van der Waals surface area contributed by atoms with Crippen molar-refractivity contribution < 1.29 is 19.4 Å². The van der Waals surface area contributed by atoms with Crippen molar-refractivity contribution in [3.05, 3.63) is 42.5 Å². The lowest BCUT2D eigenvalue weighted by molar-refractivity contribution is -0.140. The molecule has 1 saturated heterocycles. The molecule has 0 saturated carbocycles. The normalized spacial score (nSPS) is 17.8. The van der Waals surface area contributed by atoms with Crippen LogP contribution in [0.15, 0.2) is 36.9 Å². The van der Waals surface area contributed by atoms with Crippen LogP contribution in [0.5, 0.6) is 5.75 Å². The van der Waals surface area contributed by atoms with Gasteiger partial charge in [-0.05, 0) is 12.1 Å². The molecule has 1 aromatic rings. The van der Waals surface area contributed by atoms with E-state index in [-0.39, 0.29) is 5.91 Å². The molecular weight excluding hydrogens is 278 g/mol. The van der Waals surface area contributed by atoms with Crippen LogP contribution in [0.1, 0.15) is 10.4 Å². The minimum atomic E-state index is -0.979. The number of ether oxygens (including phenoxy) is 1. The zero-order valence-electron chi connectivity index (χ0n) is 10.8. The highest BCUT2D eigenvalue weighted by Crippen LogP contribution is 2.27. The van der Waals surface area contributed by atoms with Crippen molar-refractivity contribution in [2.75, 3.05) is 18.2 Å². The fraction of sp³-hybridized carbons (Fsp3) is 0.286. The van der Waals surface area contributed by atoms with Crippen LogP contribution in [0.4, 0.5) is 0 Å². The number of hydrogen-bond acceptors (Lipinski definition) is 4. The van der Waals surface area contributed by atoms with Crippen molar-refractivity contribution >= 4 is 23.6 Å². The maximum absolute atomic E-state index is 12.5. The molecule has 0 aliphatic carbocycles. The van der Waals surface area contributed by atoms with Gasteiger partial charge in [-0.15, -0.1) is 11.8 Å². The number of carboxylic acids is 1. The first kappa shape index (κ1) is 14.5. The van der Waals surface area contributed by atoms with E-state index in [4.69, 9.17) is 9.84 Å². The molecule has 1 fully saturated rings. The number of rotatable bonds is 5. The van der Waals surface area contributed by atoms with Gasteiger partial charge in [0, 0.05) is 5.75 Å². The van der Waals surface area contributed by atoms with E-state index in [1.807, 2.05) is 0 Å². The Kier molecular flexibility index (Phi) is 4.68. The van der Waals surface area contributed by atoms with Gasteiger partial charge in [-0.3, -0.25) is 4.79 Å². The second-order valence-electron chi connectivity index (χ2n) is 4.22.